The van der Waals surface area contributed by atoms with Gasteiger partial charge in [0.25, 0.3) is 0 Å². The van der Waals surface area contributed by atoms with Crippen LogP contribution in [0.25, 0.3) is 0 Å². The lowest BCUT2D eigenvalue weighted by Gasteiger charge is -2.27. The van der Waals surface area contributed by atoms with Crippen LogP contribution in [-0.4, -0.2) is 42.9 Å². The summed E-state index contributed by atoms with van der Waals surface area (Å²) in [7, 11) is 0. The number of Topliss-reactive ketones (excluding diaryl/α,β-unsaturated/α-hetero) is 1. The Bertz CT molecular complexity index is 230. The summed E-state index contributed by atoms with van der Waals surface area (Å²) in [5.74, 6) is 0.0857. The molecule has 1 heterocycles. The lowest BCUT2D eigenvalue weighted by molar-refractivity contribution is -0.148. The Labute approximate surface area is 90.6 Å². The van der Waals surface area contributed by atoms with Gasteiger partial charge in [-0.1, -0.05) is 6.92 Å². The van der Waals surface area contributed by atoms with Crippen LogP contribution in [0.5, 0.6) is 0 Å². The number of nitrogens with zero attached hydrogens (tertiary/aromatic N) is 1. The Balaban J connectivity index is 2.28. The maximum Gasteiger partial charge on any atom is 0.309 e. The third-order valence-electron chi connectivity index (χ3n) is 2.63. The number of hydrogen-bond donors (Lipinski definition) is 0. The highest BCUT2D eigenvalue weighted by Crippen LogP contribution is 2.09. The van der Waals surface area contributed by atoms with Gasteiger partial charge in [-0.05, 0) is 6.92 Å². The van der Waals surface area contributed by atoms with Crippen molar-refractivity contribution in [2.24, 2.45) is 5.92 Å². The summed E-state index contributed by atoms with van der Waals surface area (Å²) >= 11 is 0. The molecule has 0 aromatic carbocycles. The van der Waals surface area contributed by atoms with E-state index in [4.69, 9.17) is 4.74 Å². The molecule has 4 heteroatoms. The van der Waals surface area contributed by atoms with Gasteiger partial charge in [-0.3, -0.25) is 9.59 Å². The predicted molar refractivity (Wildman–Crippen MR) is 56.5 cm³/mol. The van der Waals surface area contributed by atoms with Crippen LogP contribution in [0, 0.1) is 5.92 Å². The van der Waals surface area contributed by atoms with Crippen molar-refractivity contribution in [2.45, 2.75) is 26.7 Å². The summed E-state index contributed by atoms with van der Waals surface area (Å²) < 4.78 is 4.93. The summed E-state index contributed by atoms with van der Waals surface area (Å²) in [6.07, 6.45) is 1.24. The first-order valence-electron chi connectivity index (χ1n) is 5.54. The zero-order valence-electron chi connectivity index (χ0n) is 9.49. The quantitative estimate of drug-likeness (QED) is 0.649. The molecular formula is C11H19NO3. The average Bonchev–Trinajstić information content (AvgIpc) is 2.22. The van der Waals surface area contributed by atoms with Crippen LogP contribution in [0.3, 0.4) is 0 Å². The summed E-state index contributed by atoms with van der Waals surface area (Å²) in [6, 6.07) is 0. The van der Waals surface area contributed by atoms with Gasteiger partial charge >= 0.3 is 5.97 Å². The fourth-order valence-electron chi connectivity index (χ4n) is 1.73. The van der Waals surface area contributed by atoms with Gasteiger partial charge in [-0.2, -0.15) is 0 Å². The first-order valence-corrected chi connectivity index (χ1v) is 5.54. The van der Waals surface area contributed by atoms with Crippen LogP contribution in [0.15, 0.2) is 0 Å². The number of carbonyl (C=O) groups is 2. The molecule has 86 valence electrons. The molecule has 1 unspecified atom stereocenters. The second kappa shape index (κ2) is 5.85. The van der Waals surface area contributed by atoms with Crippen LogP contribution >= 0.6 is 0 Å². The van der Waals surface area contributed by atoms with Gasteiger partial charge in [-0.25, -0.2) is 0 Å². The molecule has 0 N–H and O–H groups in total. The second-order valence-electron chi connectivity index (χ2n) is 3.99. The molecule has 0 amide bonds. The van der Waals surface area contributed by atoms with Crippen molar-refractivity contribution >= 4 is 11.8 Å². The van der Waals surface area contributed by atoms with Crippen molar-refractivity contribution in [3.05, 3.63) is 0 Å². The van der Waals surface area contributed by atoms with E-state index in [2.05, 4.69) is 4.90 Å². The van der Waals surface area contributed by atoms with E-state index >= 15 is 0 Å². The summed E-state index contributed by atoms with van der Waals surface area (Å²) in [4.78, 5) is 24.5. The standard InChI is InChI=1S/C11H19NO3/c1-3-15-11(14)9(2)8-12-6-4-10(13)5-7-12/h9H,3-8H2,1-2H3. The van der Waals surface area contributed by atoms with Gasteiger partial charge < -0.3 is 9.64 Å². The van der Waals surface area contributed by atoms with E-state index in [-0.39, 0.29) is 11.9 Å². The molecule has 15 heavy (non-hydrogen) atoms. The normalized spacial score (nSPS) is 20.0. The number of carbonyl (C=O) groups excluding carboxylic acids is 2. The fourth-order valence-corrected chi connectivity index (χ4v) is 1.73. The van der Waals surface area contributed by atoms with E-state index in [1.54, 1.807) is 0 Å². The van der Waals surface area contributed by atoms with Gasteiger partial charge in [0.05, 0.1) is 12.5 Å². The topological polar surface area (TPSA) is 46.6 Å². The van der Waals surface area contributed by atoms with Gasteiger partial charge in [0.2, 0.25) is 0 Å². The SMILES string of the molecule is CCOC(=O)C(C)CN1CCC(=O)CC1. The van der Waals surface area contributed by atoms with E-state index in [9.17, 15) is 9.59 Å². The third kappa shape index (κ3) is 4.00. The molecule has 1 rings (SSSR count). The van der Waals surface area contributed by atoms with Crippen LogP contribution < -0.4 is 0 Å². The van der Waals surface area contributed by atoms with E-state index in [0.717, 1.165) is 13.1 Å². The van der Waals surface area contributed by atoms with E-state index in [0.29, 0.717) is 31.8 Å². The lowest BCUT2D eigenvalue weighted by Crippen LogP contribution is -2.38. The second-order valence-corrected chi connectivity index (χ2v) is 3.99. The number of piperidine rings is 1. The van der Waals surface area contributed by atoms with Crippen molar-refractivity contribution in [2.75, 3.05) is 26.2 Å². The molecule has 0 bridgehead atoms. The van der Waals surface area contributed by atoms with Crippen LogP contribution in [0.1, 0.15) is 26.7 Å². The van der Waals surface area contributed by atoms with Gasteiger partial charge in [0.1, 0.15) is 5.78 Å². The molecule has 0 aliphatic carbocycles. The Morgan fingerprint density at radius 1 is 1.47 bits per heavy atom. The number of rotatable bonds is 4. The maximum absolute atomic E-state index is 11.4. The van der Waals surface area contributed by atoms with Crippen molar-refractivity contribution < 1.29 is 14.3 Å². The fraction of sp³-hybridized carbons (Fsp3) is 0.818. The minimum atomic E-state index is -0.144. The van der Waals surface area contributed by atoms with Crippen LogP contribution in [-0.2, 0) is 14.3 Å². The summed E-state index contributed by atoms with van der Waals surface area (Å²) in [5, 5.41) is 0. The molecule has 0 aromatic rings. The zero-order chi connectivity index (χ0) is 11.3. The molecule has 1 fully saturated rings. The number of ketones is 1. The predicted octanol–water partition coefficient (Wildman–Crippen LogP) is 0.851. The first-order chi connectivity index (χ1) is 7.13. The smallest absolute Gasteiger partial charge is 0.309 e. The Hall–Kier alpha value is -0.900. The van der Waals surface area contributed by atoms with Crippen molar-refractivity contribution in [1.82, 2.24) is 4.90 Å². The monoisotopic (exact) mass is 213 g/mol. The van der Waals surface area contributed by atoms with Crippen molar-refractivity contribution in [3.63, 3.8) is 0 Å². The Morgan fingerprint density at radius 2 is 2.07 bits per heavy atom. The third-order valence-corrected chi connectivity index (χ3v) is 2.63. The molecule has 1 atom stereocenters. The minimum Gasteiger partial charge on any atom is -0.466 e. The Morgan fingerprint density at radius 3 is 2.60 bits per heavy atom. The highest BCUT2D eigenvalue weighted by Gasteiger charge is 2.21. The molecule has 1 aliphatic rings. The molecule has 0 aromatic heterocycles. The van der Waals surface area contributed by atoms with Crippen LogP contribution in [0.4, 0.5) is 0 Å². The molecule has 1 saturated heterocycles. The molecule has 1 aliphatic heterocycles. The number of ether oxygens (including phenoxy) is 1. The molecular weight excluding hydrogens is 194 g/mol. The number of esters is 1. The molecule has 0 spiro atoms. The van der Waals surface area contributed by atoms with E-state index in [1.165, 1.54) is 0 Å². The van der Waals surface area contributed by atoms with Gasteiger partial charge in [-0.15, -0.1) is 0 Å². The van der Waals surface area contributed by atoms with Gasteiger partial charge in [0.15, 0.2) is 0 Å². The summed E-state index contributed by atoms with van der Waals surface area (Å²) in [6.45, 7) is 6.37. The zero-order valence-corrected chi connectivity index (χ0v) is 9.49. The van der Waals surface area contributed by atoms with E-state index < -0.39 is 0 Å². The average molecular weight is 213 g/mol. The highest BCUT2D eigenvalue weighted by atomic mass is 16.5. The van der Waals surface area contributed by atoms with Gasteiger partial charge in [0, 0.05) is 32.5 Å². The molecule has 0 radical (unpaired) electrons. The van der Waals surface area contributed by atoms with E-state index in [1.807, 2.05) is 13.8 Å². The van der Waals surface area contributed by atoms with Crippen molar-refractivity contribution in [3.8, 4) is 0 Å². The molecule has 0 saturated carbocycles. The largest absolute Gasteiger partial charge is 0.466 e. The van der Waals surface area contributed by atoms with Crippen molar-refractivity contribution in [1.29, 1.82) is 0 Å². The molecule has 4 nitrogen and oxygen atoms in total. The maximum atomic E-state index is 11.4. The number of hydrogen-bond acceptors (Lipinski definition) is 4. The minimum absolute atomic E-state index is 0.0989. The Kier molecular flexibility index (Phi) is 4.75. The lowest BCUT2D eigenvalue weighted by atomic mass is 10.1. The number of likely N-dealkylation sites (tertiary alicyclic amines) is 1. The first kappa shape index (κ1) is 12.2. The van der Waals surface area contributed by atoms with Crippen LogP contribution in [0.2, 0.25) is 0 Å². The summed E-state index contributed by atoms with van der Waals surface area (Å²) in [5.41, 5.74) is 0. The highest BCUT2D eigenvalue weighted by molar-refractivity contribution is 5.79.